The Kier molecular flexibility index (Phi) is 4.84. The van der Waals surface area contributed by atoms with Crippen LogP contribution in [0.1, 0.15) is 45.4 Å². The molecule has 4 nitrogen and oxygen atoms in total. The average molecular weight is 304 g/mol. The van der Waals surface area contributed by atoms with Gasteiger partial charge in [0, 0.05) is 13.1 Å². The lowest BCUT2D eigenvalue weighted by Crippen LogP contribution is -2.50. The number of hydrogen-bond donors (Lipinski definition) is 1. The maximum atomic E-state index is 12.6. The van der Waals surface area contributed by atoms with Gasteiger partial charge in [0.2, 0.25) is 10.0 Å². The molecule has 2 aliphatic rings. The van der Waals surface area contributed by atoms with Crippen molar-refractivity contribution in [1.82, 2.24) is 4.31 Å². The summed E-state index contributed by atoms with van der Waals surface area (Å²) in [7, 11) is -3.36. The lowest BCUT2D eigenvalue weighted by atomic mass is 9.76. The summed E-state index contributed by atoms with van der Waals surface area (Å²) >= 11 is 4.92. The van der Waals surface area contributed by atoms with Crippen molar-refractivity contribution in [2.24, 2.45) is 17.6 Å². The van der Waals surface area contributed by atoms with Gasteiger partial charge in [0.05, 0.1) is 4.99 Å². The third kappa shape index (κ3) is 3.11. The normalized spacial score (nSPS) is 30.6. The van der Waals surface area contributed by atoms with Crippen molar-refractivity contribution in [1.29, 1.82) is 0 Å². The van der Waals surface area contributed by atoms with E-state index in [9.17, 15) is 8.42 Å². The van der Waals surface area contributed by atoms with E-state index in [0.717, 1.165) is 12.3 Å². The number of fused-ring (bicyclic) bond motifs is 1. The SMILES string of the molecule is CCC(C(N)=S)S(=O)(=O)N1CCC2CCCCC2C1. The second-order valence-electron chi connectivity index (χ2n) is 5.80. The molecule has 3 atom stereocenters. The van der Waals surface area contributed by atoms with Gasteiger partial charge in [-0.3, -0.25) is 0 Å². The van der Waals surface area contributed by atoms with E-state index in [1.807, 2.05) is 6.92 Å². The molecule has 2 fully saturated rings. The lowest BCUT2D eigenvalue weighted by molar-refractivity contribution is 0.136. The minimum Gasteiger partial charge on any atom is -0.392 e. The predicted molar refractivity (Wildman–Crippen MR) is 81.4 cm³/mol. The molecule has 0 bridgehead atoms. The van der Waals surface area contributed by atoms with Crippen LogP contribution < -0.4 is 5.73 Å². The van der Waals surface area contributed by atoms with Crippen LogP contribution in [-0.4, -0.2) is 36.1 Å². The van der Waals surface area contributed by atoms with Crippen molar-refractivity contribution in [3.05, 3.63) is 0 Å². The van der Waals surface area contributed by atoms with Gasteiger partial charge < -0.3 is 5.73 Å². The molecular weight excluding hydrogens is 280 g/mol. The van der Waals surface area contributed by atoms with Crippen molar-refractivity contribution < 1.29 is 8.42 Å². The van der Waals surface area contributed by atoms with Crippen molar-refractivity contribution >= 4 is 27.2 Å². The lowest BCUT2D eigenvalue weighted by Gasteiger charge is -2.41. The molecule has 2 N–H and O–H groups in total. The van der Waals surface area contributed by atoms with E-state index in [4.69, 9.17) is 18.0 Å². The molecule has 1 saturated heterocycles. The summed E-state index contributed by atoms with van der Waals surface area (Å²) in [5.74, 6) is 1.27. The van der Waals surface area contributed by atoms with E-state index in [-0.39, 0.29) is 4.99 Å². The number of nitrogens with two attached hydrogens (primary N) is 1. The fourth-order valence-corrected chi connectivity index (χ4v) is 5.90. The summed E-state index contributed by atoms with van der Waals surface area (Å²) in [5.41, 5.74) is 5.60. The van der Waals surface area contributed by atoms with Crippen LogP contribution in [0.4, 0.5) is 0 Å². The molecule has 1 aliphatic carbocycles. The first-order chi connectivity index (χ1) is 8.96. The van der Waals surface area contributed by atoms with Crippen molar-refractivity contribution in [2.45, 2.75) is 50.7 Å². The third-order valence-corrected chi connectivity index (χ3v) is 7.45. The predicted octanol–water partition coefficient (Wildman–Crippen LogP) is 1.89. The summed E-state index contributed by atoms with van der Waals surface area (Å²) in [6.07, 6.45) is 6.44. The number of nitrogens with zero attached hydrogens (tertiary/aromatic N) is 1. The van der Waals surface area contributed by atoms with Gasteiger partial charge in [0.1, 0.15) is 5.25 Å². The van der Waals surface area contributed by atoms with E-state index in [0.29, 0.717) is 25.4 Å². The van der Waals surface area contributed by atoms with Gasteiger partial charge in [-0.05, 0) is 31.1 Å². The fraction of sp³-hybridized carbons (Fsp3) is 0.923. The number of rotatable bonds is 4. The summed E-state index contributed by atoms with van der Waals surface area (Å²) in [6.45, 7) is 3.14. The quantitative estimate of drug-likeness (QED) is 0.806. The van der Waals surface area contributed by atoms with Gasteiger partial charge >= 0.3 is 0 Å². The van der Waals surface area contributed by atoms with Crippen LogP contribution in [-0.2, 0) is 10.0 Å². The van der Waals surface area contributed by atoms with Crippen molar-refractivity contribution in [2.75, 3.05) is 13.1 Å². The summed E-state index contributed by atoms with van der Waals surface area (Å²) in [4.78, 5) is 0.105. The zero-order valence-electron chi connectivity index (χ0n) is 11.5. The Morgan fingerprint density at radius 2 is 1.95 bits per heavy atom. The van der Waals surface area contributed by atoms with Crippen LogP contribution >= 0.6 is 12.2 Å². The highest BCUT2D eigenvalue weighted by molar-refractivity contribution is 7.92. The number of sulfonamides is 1. The minimum atomic E-state index is -3.36. The maximum absolute atomic E-state index is 12.6. The average Bonchev–Trinajstić information content (AvgIpc) is 2.38. The molecule has 110 valence electrons. The molecule has 0 spiro atoms. The molecule has 2 rings (SSSR count). The van der Waals surface area contributed by atoms with E-state index in [2.05, 4.69) is 0 Å². The van der Waals surface area contributed by atoms with Crippen LogP contribution in [0.5, 0.6) is 0 Å². The second-order valence-corrected chi connectivity index (χ2v) is 8.38. The number of hydrogen-bond acceptors (Lipinski definition) is 3. The molecule has 0 aromatic heterocycles. The van der Waals surface area contributed by atoms with Crippen LogP contribution in [0.3, 0.4) is 0 Å². The first kappa shape index (κ1) is 15.2. The first-order valence-electron chi connectivity index (χ1n) is 7.25. The van der Waals surface area contributed by atoms with Crippen LogP contribution in [0, 0.1) is 11.8 Å². The van der Waals surface area contributed by atoms with Gasteiger partial charge in [-0.15, -0.1) is 0 Å². The number of thiocarbonyl (C=S) groups is 1. The molecule has 1 aliphatic heterocycles. The van der Waals surface area contributed by atoms with E-state index in [1.165, 1.54) is 25.7 Å². The van der Waals surface area contributed by atoms with Gasteiger partial charge in [0.15, 0.2) is 0 Å². The molecular formula is C13H24N2O2S2. The molecule has 0 aromatic rings. The summed E-state index contributed by atoms with van der Waals surface area (Å²) < 4.78 is 26.8. The monoisotopic (exact) mass is 304 g/mol. The van der Waals surface area contributed by atoms with Crippen molar-refractivity contribution in [3.63, 3.8) is 0 Å². The molecule has 19 heavy (non-hydrogen) atoms. The molecule has 1 heterocycles. The maximum Gasteiger partial charge on any atom is 0.223 e. The van der Waals surface area contributed by atoms with Gasteiger partial charge in [-0.2, -0.15) is 0 Å². The van der Waals surface area contributed by atoms with Crippen LogP contribution in [0.25, 0.3) is 0 Å². The Morgan fingerprint density at radius 3 is 2.53 bits per heavy atom. The highest BCUT2D eigenvalue weighted by Gasteiger charge is 2.39. The Balaban J connectivity index is 2.11. The highest BCUT2D eigenvalue weighted by Crippen LogP contribution is 2.37. The van der Waals surface area contributed by atoms with E-state index >= 15 is 0 Å². The largest absolute Gasteiger partial charge is 0.392 e. The standard InChI is InChI=1S/C13H24N2O2S2/c1-2-12(13(14)18)19(16,17)15-8-7-10-5-3-4-6-11(10)9-15/h10-12H,2-9H2,1H3,(H2,14,18). The van der Waals surface area contributed by atoms with E-state index < -0.39 is 15.3 Å². The topological polar surface area (TPSA) is 63.4 Å². The summed E-state index contributed by atoms with van der Waals surface area (Å²) in [6, 6.07) is 0. The molecule has 1 saturated carbocycles. The highest BCUT2D eigenvalue weighted by atomic mass is 32.2. The Morgan fingerprint density at radius 1 is 1.32 bits per heavy atom. The summed E-state index contributed by atoms with van der Waals surface area (Å²) in [5, 5.41) is -0.692. The van der Waals surface area contributed by atoms with Crippen molar-refractivity contribution in [3.8, 4) is 0 Å². The zero-order chi connectivity index (χ0) is 14.0. The molecule has 0 amide bonds. The first-order valence-corrected chi connectivity index (χ1v) is 9.16. The van der Waals surface area contributed by atoms with Crippen LogP contribution in [0.15, 0.2) is 0 Å². The van der Waals surface area contributed by atoms with E-state index in [1.54, 1.807) is 4.31 Å². The molecule has 0 aromatic carbocycles. The minimum absolute atomic E-state index is 0.105. The fourth-order valence-electron chi connectivity index (χ4n) is 3.54. The molecule has 0 radical (unpaired) electrons. The molecule has 6 heteroatoms. The molecule has 3 unspecified atom stereocenters. The zero-order valence-corrected chi connectivity index (χ0v) is 13.2. The second kappa shape index (κ2) is 6.06. The number of piperidine rings is 1. The smallest absolute Gasteiger partial charge is 0.223 e. The Bertz CT molecular complexity index is 436. The van der Waals surface area contributed by atoms with Gasteiger partial charge in [-0.1, -0.05) is 38.4 Å². The Labute approximate surface area is 121 Å². The third-order valence-electron chi connectivity index (χ3n) is 4.66. The Hall–Kier alpha value is -0.200. The van der Waals surface area contributed by atoms with Crippen LogP contribution in [0.2, 0.25) is 0 Å². The van der Waals surface area contributed by atoms with Gasteiger partial charge in [-0.25, -0.2) is 12.7 Å². The van der Waals surface area contributed by atoms with Gasteiger partial charge in [0.25, 0.3) is 0 Å².